The number of aromatic amines is 1. The van der Waals surface area contributed by atoms with Gasteiger partial charge in [0.1, 0.15) is 5.69 Å². The van der Waals surface area contributed by atoms with Gasteiger partial charge < -0.3 is 9.64 Å². The number of amides is 1. The van der Waals surface area contributed by atoms with Gasteiger partial charge in [-0.15, -0.1) is 0 Å². The van der Waals surface area contributed by atoms with E-state index in [0.717, 1.165) is 0 Å². The summed E-state index contributed by atoms with van der Waals surface area (Å²) >= 11 is 0. The van der Waals surface area contributed by atoms with Crippen LogP contribution in [0.1, 0.15) is 17.4 Å². The molecule has 1 saturated heterocycles. The molecule has 0 radical (unpaired) electrons. The molecule has 1 aliphatic heterocycles. The van der Waals surface area contributed by atoms with Crippen LogP contribution in [0.5, 0.6) is 0 Å². The average molecular weight is 223 g/mol. The van der Waals surface area contributed by atoms with Gasteiger partial charge in [0.25, 0.3) is 11.5 Å². The fraction of sp³-hybridized carbons (Fsp3) is 0.500. The van der Waals surface area contributed by atoms with Crippen molar-refractivity contribution < 1.29 is 9.53 Å². The standard InChI is InChI=1S/C10H13N3O3/c1-7-6-16-5-4-13(7)10(15)8-2-3-9(14)12-11-8/h2-3,7H,4-6H2,1H3,(H,12,14)/t7-/m1/s1. The van der Waals surface area contributed by atoms with E-state index in [1.807, 2.05) is 6.92 Å². The number of hydrogen-bond acceptors (Lipinski definition) is 4. The van der Waals surface area contributed by atoms with Gasteiger partial charge in [0, 0.05) is 12.6 Å². The Morgan fingerprint density at radius 2 is 2.44 bits per heavy atom. The monoisotopic (exact) mass is 223 g/mol. The minimum absolute atomic E-state index is 0.0370. The van der Waals surface area contributed by atoms with Crippen LogP contribution in [-0.4, -0.2) is 46.8 Å². The van der Waals surface area contributed by atoms with Gasteiger partial charge in [-0.1, -0.05) is 0 Å². The zero-order chi connectivity index (χ0) is 11.5. The van der Waals surface area contributed by atoms with Gasteiger partial charge in [-0.25, -0.2) is 5.10 Å². The van der Waals surface area contributed by atoms with Crippen LogP contribution < -0.4 is 5.56 Å². The zero-order valence-corrected chi connectivity index (χ0v) is 8.97. The van der Waals surface area contributed by atoms with Crippen LogP contribution in [0.15, 0.2) is 16.9 Å². The van der Waals surface area contributed by atoms with Crippen molar-refractivity contribution in [2.45, 2.75) is 13.0 Å². The number of aromatic nitrogens is 2. The van der Waals surface area contributed by atoms with E-state index in [0.29, 0.717) is 19.8 Å². The van der Waals surface area contributed by atoms with E-state index >= 15 is 0 Å². The van der Waals surface area contributed by atoms with Gasteiger partial charge in [-0.2, -0.15) is 5.10 Å². The van der Waals surface area contributed by atoms with Crippen molar-refractivity contribution in [3.63, 3.8) is 0 Å². The van der Waals surface area contributed by atoms with Gasteiger partial charge in [-0.05, 0) is 13.0 Å². The van der Waals surface area contributed by atoms with Crippen LogP contribution in [0.2, 0.25) is 0 Å². The number of rotatable bonds is 1. The highest BCUT2D eigenvalue weighted by Gasteiger charge is 2.25. The Labute approximate surface area is 92.2 Å². The molecule has 1 amide bonds. The second kappa shape index (κ2) is 4.44. The summed E-state index contributed by atoms with van der Waals surface area (Å²) in [5.41, 5.74) is -0.0556. The summed E-state index contributed by atoms with van der Waals surface area (Å²) in [6, 6.07) is 2.77. The number of nitrogens with zero attached hydrogens (tertiary/aromatic N) is 2. The van der Waals surface area contributed by atoms with Crippen LogP contribution >= 0.6 is 0 Å². The van der Waals surface area contributed by atoms with E-state index in [2.05, 4.69) is 10.2 Å². The third kappa shape index (κ3) is 2.11. The summed E-state index contributed by atoms with van der Waals surface area (Å²) < 4.78 is 5.25. The van der Waals surface area contributed by atoms with Crippen molar-refractivity contribution in [1.82, 2.24) is 15.1 Å². The molecule has 1 aliphatic rings. The number of nitrogens with one attached hydrogen (secondary N) is 1. The fourth-order valence-electron chi connectivity index (χ4n) is 1.64. The highest BCUT2D eigenvalue weighted by molar-refractivity contribution is 5.92. The first kappa shape index (κ1) is 10.8. The lowest BCUT2D eigenvalue weighted by Gasteiger charge is -2.32. The maximum Gasteiger partial charge on any atom is 0.274 e. The number of morpholine rings is 1. The predicted octanol–water partition coefficient (Wildman–Crippen LogP) is -0.369. The third-order valence-corrected chi connectivity index (χ3v) is 2.53. The molecular formula is C10H13N3O3. The number of hydrogen-bond donors (Lipinski definition) is 1. The third-order valence-electron chi connectivity index (χ3n) is 2.53. The molecule has 1 aromatic heterocycles. The molecule has 1 atom stereocenters. The first-order valence-corrected chi connectivity index (χ1v) is 5.13. The Kier molecular flexibility index (Phi) is 3.00. The molecule has 1 N–H and O–H groups in total. The van der Waals surface area contributed by atoms with Gasteiger partial charge in [0.15, 0.2) is 0 Å². The summed E-state index contributed by atoms with van der Waals surface area (Å²) in [6.07, 6.45) is 0. The summed E-state index contributed by atoms with van der Waals surface area (Å²) in [7, 11) is 0. The molecule has 0 aromatic carbocycles. The van der Waals surface area contributed by atoms with Gasteiger partial charge in [0.2, 0.25) is 0 Å². The van der Waals surface area contributed by atoms with Gasteiger partial charge in [0.05, 0.1) is 19.3 Å². The normalized spacial score (nSPS) is 20.8. The number of ether oxygens (including phenoxy) is 1. The topological polar surface area (TPSA) is 75.3 Å². The zero-order valence-electron chi connectivity index (χ0n) is 8.97. The predicted molar refractivity (Wildman–Crippen MR) is 56.2 cm³/mol. The number of carbonyl (C=O) groups is 1. The molecule has 0 saturated carbocycles. The van der Waals surface area contributed by atoms with Crippen molar-refractivity contribution in [1.29, 1.82) is 0 Å². The van der Waals surface area contributed by atoms with Crippen molar-refractivity contribution >= 4 is 5.91 Å². The van der Waals surface area contributed by atoms with E-state index in [-0.39, 0.29) is 23.2 Å². The molecule has 1 aromatic rings. The molecule has 6 heteroatoms. The smallest absolute Gasteiger partial charge is 0.274 e. The number of carbonyl (C=O) groups excluding carboxylic acids is 1. The average Bonchev–Trinajstić information content (AvgIpc) is 2.30. The van der Waals surface area contributed by atoms with E-state index in [1.54, 1.807) is 4.90 Å². The molecule has 0 aliphatic carbocycles. The lowest BCUT2D eigenvalue weighted by Crippen LogP contribution is -2.47. The molecule has 86 valence electrons. The number of H-pyrrole nitrogens is 1. The SMILES string of the molecule is C[C@@H]1COCCN1C(=O)c1ccc(=O)[nH]n1. The van der Waals surface area contributed by atoms with Crippen molar-refractivity contribution in [3.8, 4) is 0 Å². The molecule has 2 rings (SSSR count). The molecule has 16 heavy (non-hydrogen) atoms. The Morgan fingerprint density at radius 3 is 3.06 bits per heavy atom. The van der Waals surface area contributed by atoms with Crippen molar-refractivity contribution in [3.05, 3.63) is 28.2 Å². The highest BCUT2D eigenvalue weighted by Crippen LogP contribution is 2.09. The molecular weight excluding hydrogens is 210 g/mol. The Bertz CT molecular complexity index is 423. The Morgan fingerprint density at radius 1 is 1.62 bits per heavy atom. The lowest BCUT2D eigenvalue weighted by atomic mass is 10.2. The molecule has 0 unspecified atom stereocenters. The summed E-state index contributed by atoms with van der Waals surface area (Å²) in [5, 5.41) is 5.97. The first-order chi connectivity index (χ1) is 7.68. The second-order valence-corrected chi connectivity index (χ2v) is 3.73. The van der Waals surface area contributed by atoms with Crippen LogP contribution in [0.25, 0.3) is 0 Å². The largest absolute Gasteiger partial charge is 0.377 e. The Hall–Kier alpha value is -1.69. The maximum absolute atomic E-state index is 12.0. The fourth-order valence-corrected chi connectivity index (χ4v) is 1.64. The van der Waals surface area contributed by atoms with Crippen LogP contribution in [-0.2, 0) is 4.74 Å². The molecule has 0 bridgehead atoms. The van der Waals surface area contributed by atoms with Gasteiger partial charge >= 0.3 is 0 Å². The summed E-state index contributed by atoms with van der Waals surface area (Å²) in [5.74, 6) is -0.174. The molecule has 0 spiro atoms. The van der Waals surface area contributed by atoms with Crippen molar-refractivity contribution in [2.75, 3.05) is 19.8 Å². The summed E-state index contributed by atoms with van der Waals surface area (Å²) in [6.45, 7) is 3.55. The molecule has 6 nitrogen and oxygen atoms in total. The van der Waals surface area contributed by atoms with Gasteiger partial charge in [-0.3, -0.25) is 9.59 Å². The van der Waals surface area contributed by atoms with Crippen LogP contribution in [0.4, 0.5) is 0 Å². The lowest BCUT2D eigenvalue weighted by molar-refractivity contribution is 0.00320. The highest BCUT2D eigenvalue weighted by atomic mass is 16.5. The maximum atomic E-state index is 12.0. The first-order valence-electron chi connectivity index (χ1n) is 5.13. The Balaban J connectivity index is 2.17. The second-order valence-electron chi connectivity index (χ2n) is 3.73. The van der Waals surface area contributed by atoms with E-state index in [9.17, 15) is 9.59 Å². The van der Waals surface area contributed by atoms with Crippen molar-refractivity contribution in [2.24, 2.45) is 0 Å². The quantitative estimate of drug-likeness (QED) is 0.705. The summed E-state index contributed by atoms with van der Waals surface area (Å²) in [4.78, 5) is 24.5. The van der Waals surface area contributed by atoms with E-state index in [1.165, 1.54) is 12.1 Å². The van der Waals surface area contributed by atoms with Crippen LogP contribution in [0.3, 0.4) is 0 Å². The van der Waals surface area contributed by atoms with Crippen LogP contribution in [0, 0.1) is 0 Å². The minimum Gasteiger partial charge on any atom is -0.377 e. The molecule has 2 heterocycles. The van der Waals surface area contributed by atoms with E-state index in [4.69, 9.17) is 4.74 Å². The minimum atomic E-state index is -0.313. The molecule has 1 fully saturated rings. The van der Waals surface area contributed by atoms with E-state index < -0.39 is 0 Å².